The zero-order valence-electron chi connectivity index (χ0n) is 15.0. The van der Waals surface area contributed by atoms with Crippen molar-refractivity contribution >= 4 is 9.28 Å². The number of fused-ring (bicyclic) bond motifs is 1. The molecule has 0 saturated carbocycles. The molecule has 1 heteroatoms. The Hall–Kier alpha value is -1.59. The van der Waals surface area contributed by atoms with E-state index in [0.717, 1.165) is 6.42 Å². The zero-order valence-corrected chi connectivity index (χ0v) is 17.5. The maximum absolute atomic E-state index is 2.54. The van der Waals surface area contributed by atoms with Crippen molar-refractivity contribution in [2.75, 3.05) is 0 Å². The Morgan fingerprint density at radius 3 is 2.56 bits per heavy atom. The van der Waals surface area contributed by atoms with E-state index in [4.69, 9.17) is 0 Å². The molecule has 0 bridgehead atoms. The summed E-state index contributed by atoms with van der Waals surface area (Å²) in [5.41, 5.74) is 5.96. The molecule has 0 amide bonds. The van der Waals surface area contributed by atoms with Gasteiger partial charge in [0.15, 0.2) is 0 Å². The minimum atomic E-state index is -2.04. The Morgan fingerprint density at radius 1 is 1.04 bits per heavy atom. The monoisotopic (exact) mass is 402 g/mol. The molecular weight excluding hydrogens is 379 g/mol. The van der Waals surface area contributed by atoms with Crippen LogP contribution in [-0.4, -0.2) is 3.21 Å². The van der Waals surface area contributed by atoms with Gasteiger partial charge in [-0.05, 0) is 0 Å². The molecule has 2 aliphatic carbocycles. The molecule has 0 nitrogen and oxygen atoms in total. The molecule has 0 spiro atoms. The Kier molecular flexibility index (Phi) is 4.95. The molecule has 1 unspecified atom stereocenters. The van der Waals surface area contributed by atoms with Gasteiger partial charge in [0.25, 0.3) is 0 Å². The van der Waals surface area contributed by atoms with Crippen LogP contribution >= 0.6 is 0 Å². The second-order valence-electron chi connectivity index (χ2n) is 6.88. The second kappa shape index (κ2) is 7.34. The van der Waals surface area contributed by atoms with E-state index in [-0.39, 0.29) is 0 Å². The number of rotatable bonds is 4. The average molecular weight is 404 g/mol. The molecule has 4 rings (SSSR count). The van der Waals surface area contributed by atoms with Crippen LogP contribution in [0.3, 0.4) is 0 Å². The SMILES string of the molecule is CCC1=CC[C](/[Zr](=[C](/C)c2ccccc2)[CH]2C=Cc3ccccc32)=C1. The first kappa shape index (κ1) is 16.9. The van der Waals surface area contributed by atoms with Crippen molar-refractivity contribution in [2.45, 2.75) is 30.3 Å². The van der Waals surface area contributed by atoms with Crippen LogP contribution in [-0.2, 0) is 21.3 Å². The molecule has 0 radical (unpaired) electrons. The van der Waals surface area contributed by atoms with Gasteiger partial charge in [-0.3, -0.25) is 0 Å². The molecular formula is C24H24Zr. The Labute approximate surface area is 158 Å². The summed E-state index contributed by atoms with van der Waals surface area (Å²) in [5.74, 6) is 0. The Bertz CT molecular complexity index is 910. The van der Waals surface area contributed by atoms with Gasteiger partial charge in [0.1, 0.15) is 0 Å². The third-order valence-corrected chi connectivity index (χ3v) is 13.4. The van der Waals surface area contributed by atoms with Crippen LogP contribution < -0.4 is 0 Å². The molecule has 0 saturated heterocycles. The fourth-order valence-electron chi connectivity index (χ4n) is 4.04. The molecule has 0 heterocycles. The van der Waals surface area contributed by atoms with Crippen molar-refractivity contribution in [3.8, 4) is 0 Å². The van der Waals surface area contributed by atoms with Gasteiger partial charge in [0, 0.05) is 0 Å². The molecule has 2 aromatic rings. The summed E-state index contributed by atoms with van der Waals surface area (Å²) in [6.45, 7) is 4.68. The topological polar surface area (TPSA) is 0 Å². The van der Waals surface area contributed by atoms with E-state index in [9.17, 15) is 0 Å². The quantitative estimate of drug-likeness (QED) is 0.567. The van der Waals surface area contributed by atoms with E-state index in [1.165, 1.54) is 23.1 Å². The number of benzene rings is 2. The van der Waals surface area contributed by atoms with Crippen LogP contribution in [0, 0.1) is 0 Å². The van der Waals surface area contributed by atoms with Gasteiger partial charge in [-0.15, -0.1) is 0 Å². The standard InChI is InChI=1S/C9H7.C8H8.C7H9.Zr/c1-2-5-9-7-3-6-8(9)4-1;1-2-8-6-4-3-5-7-8;1-2-7-5-3-4-6-7;/h1-7H;3-7H,1H3;5-6H,2-3H2,1H3;. The van der Waals surface area contributed by atoms with E-state index in [1.54, 1.807) is 12.1 Å². The number of hydrogen-bond donors (Lipinski definition) is 0. The van der Waals surface area contributed by atoms with Crippen LogP contribution in [0.1, 0.15) is 47.0 Å². The van der Waals surface area contributed by atoms with Crippen molar-refractivity contribution in [1.29, 1.82) is 0 Å². The minimum absolute atomic E-state index is 0.634. The van der Waals surface area contributed by atoms with E-state index in [1.807, 2.05) is 0 Å². The van der Waals surface area contributed by atoms with Crippen molar-refractivity contribution < 1.29 is 21.3 Å². The first-order valence-electron chi connectivity index (χ1n) is 9.21. The molecule has 0 N–H and O–H groups in total. The van der Waals surface area contributed by atoms with E-state index in [0.29, 0.717) is 3.63 Å². The summed E-state index contributed by atoms with van der Waals surface area (Å²) in [5, 5.41) is 0. The van der Waals surface area contributed by atoms with Crippen LogP contribution in [0.25, 0.3) is 6.08 Å². The van der Waals surface area contributed by atoms with Crippen molar-refractivity contribution in [1.82, 2.24) is 0 Å². The molecule has 2 aromatic carbocycles. The van der Waals surface area contributed by atoms with E-state index < -0.39 is 21.3 Å². The van der Waals surface area contributed by atoms with Gasteiger partial charge in [0.2, 0.25) is 0 Å². The van der Waals surface area contributed by atoms with Crippen molar-refractivity contribution in [3.05, 3.63) is 98.4 Å². The van der Waals surface area contributed by atoms with Crippen LogP contribution in [0.4, 0.5) is 0 Å². The molecule has 25 heavy (non-hydrogen) atoms. The predicted octanol–water partition coefficient (Wildman–Crippen LogP) is 6.24. The normalized spacial score (nSPS) is 19.4. The first-order chi connectivity index (χ1) is 12.3. The summed E-state index contributed by atoms with van der Waals surface area (Å²) >= 11 is -2.04. The predicted molar refractivity (Wildman–Crippen MR) is 106 cm³/mol. The summed E-state index contributed by atoms with van der Waals surface area (Å²) in [7, 11) is 0. The fourth-order valence-corrected chi connectivity index (χ4v) is 12.3. The number of allylic oxidation sites excluding steroid dienone is 5. The van der Waals surface area contributed by atoms with Crippen LogP contribution in [0.5, 0.6) is 0 Å². The second-order valence-corrected chi connectivity index (χ2v) is 13.9. The van der Waals surface area contributed by atoms with Crippen LogP contribution in [0.2, 0.25) is 0 Å². The zero-order chi connectivity index (χ0) is 17.2. The molecule has 2 aliphatic rings. The molecule has 0 aromatic heterocycles. The first-order valence-corrected chi connectivity index (χ1v) is 13.1. The van der Waals surface area contributed by atoms with Gasteiger partial charge in [-0.2, -0.15) is 0 Å². The van der Waals surface area contributed by atoms with Gasteiger partial charge in [0.05, 0.1) is 0 Å². The molecule has 0 fully saturated rings. The van der Waals surface area contributed by atoms with Gasteiger partial charge >= 0.3 is 159 Å². The third-order valence-electron chi connectivity index (χ3n) is 5.42. The maximum atomic E-state index is 2.54. The fraction of sp³-hybridized carbons (Fsp3) is 0.208. The molecule has 1 atom stereocenters. The summed E-state index contributed by atoms with van der Waals surface area (Å²) in [4.78, 5) is 0. The van der Waals surface area contributed by atoms with E-state index in [2.05, 4.69) is 92.7 Å². The van der Waals surface area contributed by atoms with Gasteiger partial charge < -0.3 is 0 Å². The number of hydrogen-bond acceptors (Lipinski definition) is 0. The Balaban J connectivity index is 1.86. The third kappa shape index (κ3) is 3.27. The van der Waals surface area contributed by atoms with Crippen molar-refractivity contribution in [3.63, 3.8) is 0 Å². The summed E-state index contributed by atoms with van der Waals surface area (Å²) < 4.78 is 4.06. The van der Waals surface area contributed by atoms with Crippen molar-refractivity contribution in [2.24, 2.45) is 0 Å². The molecule has 0 aliphatic heterocycles. The summed E-state index contributed by atoms with van der Waals surface area (Å²) in [6.07, 6.45) is 12.2. The van der Waals surface area contributed by atoms with Crippen LogP contribution in [0.15, 0.2) is 81.7 Å². The van der Waals surface area contributed by atoms with Gasteiger partial charge in [-0.1, -0.05) is 0 Å². The summed E-state index contributed by atoms with van der Waals surface area (Å²) in [6, 6.07) is 20.0. The van der Waals surface area contributed by atoms with E-state index >= 15 is 0 Å². The van der Waals surface area contributed by atoms with Gasteiger partial charge in [-0.25, -0.2) is 0 Å². The Morgan fingerprint density at radius 2 is 1.80 bits per heavy atom. The molecule has 124 valence electrons. The average Bonchev–Trinajstić information content (AvgIpc) is 3.30.